The van der Waals surface area contributed by atoms with Crippen LogP contribution < -0.4 is 0 Å². The second kappa shape index (κ2) is 34.5. The number of aliphatic hydroxyl groups excluding tert-OH is 3. The number of aliphatic hydroxyl groups is 3. The van der Waals surface area contributed by atoms with Crippen molar-refractivity contribution in [3.05, 3.63) is 48.6 Å². The molecule has 0 aromatic rings. The van der Waals surface area contributed by atoms with Gasteiger partial charge in [-0.1, -0.05) is 146 Å². The molecule has 0 amide bonds. The fraction of sp³-hybridized carbons (Fsp3) is 0.773. The number of rotatable bonds is 35. The van der Waals surface area contributed by atoms with E-state index in [1.807, 2.05) is 0 Å². The highest BCUT2D eigenvalue weighted by molar-refractivity contribution is 7.85. The van der Waals surface area contributed by atoms with E-state index in [0.717, 1.165) is 57.8 Å². The Morgan fingerprint density at radius 2 is 1.11 bits per heavy atom. The monoisotopic (exact) mass is 829 g/mol. The molecule has 330 valence electrons. The van der Waals surface area contributed by atoms with E-state index < -0.39 is 71.2 Å². The molecule has 6 unspecified atom stereocenters. The molecule has 0 radical (unpaired) electrons. The van der Waals surface area contributed by atoms with Crippen LogP contribution in [0.25, 0.3) is 0 Å². The molecule has 1 rings (SSSR count). The molecule has 57 heavy (non-hydrogen) atoms. The Balaban J connectivity index is 2.50. The highest BCUT2D eigenvalue weighted by atomic mass is 32.2. The lowest BCUT2D eigenvalue weighted by Gasteiger charge is -2.40. The zero-order valence-corrected chi connectivity index (χ0v) is 35.7. The lowest BCUT2D eigenvalue weighted by atomic mass is 10.00. The summed E-state index contributed by atoms with van der Waals surface area (Å²) in [5.74, 6) is -2.04. The lowest BCUT2D eigenvalue weighted by Crippen LogP contribution is -2.60. The minimum absolute atomic E-state index is 0.112. The molecule has 13 heteroatoms. The zero-order chi connectivity index (χ0) is 42.0. The van der Waals surface area contributed by atoms with Gasteiger partial charge in [-0.2, -0.15) is 8.42 Å². The van der Waals surface area contributed by atoms with Crippen LogP contribution in [0.4, 0.5) is 0 Å². The third-order valence-electron chi connectivity index (χ3n) is 9.67. The third-order valence-corrected chi connectivity index (χ3v) is 10.4. The maximum atomic E-state index is 12.8. The molecule has 1 fully saturated rings. The quantitative estimate of drug-likeness (QED) is 0.0207. The van der Waals surface area contributed by atoms with Crippen molar-refractivity contribution in [2.75, 3.05) is 19.0 Å². The van der Waals surface area contributed by atoms with Crippen molar-refractivity contribution in [1.82, 2.24) is 0 Å². The van der Waals surface area contributed by atoms with Crippen molar-refractivity contribution in [2.24, 2.45) is 0 Å². The van der Waals surface area contributed by atoms with E-state index in [1.54, 1.807) is 0 Å². The summed E-state index contributed by atoms with van der Waals surface area (Å²) in [4.78, 5) is 25.3. The van der Waals surface area contributed by atoms with Gasteiger partial charge in [-0.15, -0.1) is 0 Å². The van der Waals surface area contributed by atoms with Crippen LogP contribution in [0.15, 0.2) is 48.6 Å². The summed E-state index contributed by atoms with van der Waals surface area (Å²) in [5, 5.41) is 30.8. The topological polar surface area (TPSA) is 186 Å². The van der Waals surface area contributed by atoms with Gasteiger partial charge in [-0.3, -0.25) is 14.1 Å². The first-order valence-electron chi connectivity index (χ1n) is 21.7. The van der Waals surface area contributed by atoms with Crippen molar-refractivity contribution in [1.29, 1.82) is 0 Å². The van der Waals surface area contributed by atoms with Crippen molar-refractivity contribution >= 4 is 22.1 Å². The summed E-state index contributed by atoms with van der Waals surface area (Å²) in [6, 6.07) is 0. The van der Waals surface area contributed by atoms with E-state index in [2.05, 4.69) is 62.5 Å². The Kier molecular flexibility index (Phi) is 31.8. The van der Waals surface area contributed by atoms with E-state index >= 15 is 0 Å². The number of allylic oxidation sites excluding steroid dienone is 8. The summed E-state index contributed by atoms with van der Waals surface area (Å²) in [7, 11) is -4.61. The van der Waals surface area contributed by atoms with Gasteiger partial charge in [-0.05, 0) is 51.4 Å². The first-order valence-corrected chi connectivity index (χ1v) is 23.3. The molecule has 0 saturated carbocycles. The molecule has 0 aliphatic carbocycles. The molecular weight excluding hydrogens is 753 g/mol. The van der Waals surface area contributed by atoms with Crippen LogP contribution in [0.2, 0.25) is 0 Å². The second-order valence-corrected chi connectivity index (χ2v) is 16.5. The molecule has 4 N–H and O–H groups in total. The van der Waals surface area contributed by atoms with Gasteiger partial charge in [0.25, 0.3) is 10.1 Å². The van der Waals surface area contributed by atoms with Gasteiger partial charge in [0.2, 0.25) is 0 Å². The van der Waals surface area contributed by atoms with E-state index in [1.165, 1.54) is 64.2 Å². The smallest absolute Gasteiger partial charge is 0.306 e. The van der Waals surface area contributed by atoms with Gasteiger partial charge in [0, 0.05) is 12.8 Å². The van der Waals surface area contributed by atoms with Crippen molar-refractivity contribution in [2.45, 2.75) is 198 Å². The normalized spacial score (nSPS) is 21.0. The van der Waals surface area contributed by atoms with Crippen LogP contribution in [0, 0.1) is 0 Å². The summed E-state index contributed by atoms with van der Waals surface area (Å²) < 4.78 is 53.9. The van der Waals surface area contributed by atoms with Crippen LogP contribution in [-0.4, -0.2) is 96.0 Å². The van der Waals surface area contributed by atoms with Crippen LogP contribution in [0.3, 0.4) is 0 Å². The Bertz CT molecular complexity index is 1250. The summed E-state index contributed by atoms with van der Waals surface area (Å²) in [6.45, 7) is 3.60. The average Bonchev–Trinajstić information content (AvgIpc) is 3.17. The highest BCUT2D eigenvalue weighted by Gasteiger charge is 2.46. The molecule has 1 saturated heterocycles. The Labute approximate surface area is 343 Å². The van der Waals surface area contributed by atoms with Crippen LogP contribution >= 0.6 is 0 Å². The Hall–Kier alpha value is -2.39. The van der Waals surface area contributed by atoms with Gasteiger partial charge in [0.15, 0.2) is 12.4 Å². The number of hydrogen-bond acceptors (Lipinski definition) is 11. The maximum absolute atomic E-state index is 12.8. The van der Waals surface area contributed by atoms with E-state index in [0.29, 0.717) is 12.8 Å². The molecule has 1 aliphatic heterocycles. The number of hydrogen-bond donors (Lipinski definition) is 4. The molecule has 12 nitrogen and oxygen atoms in total. The average molecular weight is 829 g/mol. The largest absolute Gasteiger partial charge is 0.462 e. The van der Waals surface area contributed by atoms with E-state index in [9.17, 15) is 37.9 Å². The molecule has 0 bridgehead atoms. The van der Waals surface area contributed by atoms with Crippen LogP contribution in [0.5, 0.6) is 0 Å². The fourth-order valence-electron chi connectivity index (χ4n) is 6.31. The number of esters is 2. The predicted molar refractivity (Wildman–Crippen MR) is 224 cm³/mol. The minimum Gasteiger partial charge on any atom is -0.462 e. The fourth-order valence-corrected chi connectivity index (χ4v) is 7.00. The van der Waals surface area contributed by atoms with Gasteiger partial charge in [0.05, 0.1) is 6.61 Å². The predicted octanol–water partition coefficient (Wildman–Crippen LogP) is 8.39. The van der Waals surface area contributed by atoms with E-state index in [4.69, 9.17) is 18.9 Å². The van der Waals surface area contributed by atoms with Gasteiger partial charge in [0.1, 0.15) is 36.8 Å². The van der Waals surface area contributed by atoms with Gasteiger partial charge in [-0.25, -0.2) is 0 Å². The Morgan fingerprint density at radius 1 is 0.614 bits per heavy atom. The first kappa shape index (κ1) is 52.6. The molecule has 0 aromatic heterocycles. The van der Waals surface area contributed by atoms with Crippen molar-refractivity contribution in [3.63, 3.8) is 0 Å². The summed E-state index contributed by atoms with van der Waals surface area (Å²) in [6.07, 6.45) is 30.2. The van der Waals surface area contributed by atoms with Crippen molar-refractivity contribution < 1.29 is 56.8 Å². The highest BCUT2D eigenvalue weighted by Crippen LogP contribution is 2.24. The Morgan fingerprint density at radius 3 is 1.65 bits per heavy atom. The SMILES string of the molecule is CC/C=C\C/C=C\C/C=C\C/C=C\CCCCC(=O)OC(COC(=O)CCCCCCCCCCCCCCCC)COC1OC(CS(=O)(=O)O)C(O)C(O)C1O. The number of ether oxygens (including phenoxy) is 4. The van der Waals surface area contributed by atoms with E-state index in [-0.39, 0.29) is 19.4 Å². The molecule has 1 heterocycles. The van der Waals surface area contributed by atoms with Gasteiger partial charge >= 0.3 is 11.9 Å². The van der Waals surface area contributed by atoms with Crippen molar-refractivity contribution in [3.8, 4) is 0 Å². The first-order chi connectivity index (χ1) is 27.5. The standard InChI is InChI=1S/C44H76O12S/c1-3-5-7-9-11-13-15-17-19-21-23-25-27-29-31-33-40(46)55-37(35-54-44-43(49)42(48)41(47)38(56-44)36-57(50,51)52)34-53-39(45)32-30-28-26-24-22-20-18-16-14-12-10-8-6-4-2/h5,7,11,13,17,19,23,25,37-38,41-44,47-49H,3-4,6,8-10,12,14-16,18,20-22,24,26-36H2,1-2H3,(H,50,51,52)/b7-5-,13-11-,19-17-,25-23-. The van der Waals surface area contributed by atoms with Gasteiger partial charge < -0.3 is 34.3 Å². The van der Waals surface area contributed by atoms with Crippen LogP contribution in [0.1, 0.15) is 162 Å². The molecule has 0 aromatic carbocycles. The molecular formula is C44H76O12S. The maximum Gasteiger partial charge on any atom is 0.306 e. The molecule has 6 atom stereocenters. The second-order valence-electron chi connectivity index (χ2n) is 15.0. The third kappa shape index (κ3) is 29.5. The zero-order valence-electron chi connectivity index (χ0n) is 34.9. The molecule has 0 spiro atoms. The van der Waals surface area contributed by atoms with Crippen LogP contribution in [-0.2, 0) is 38.7 Å². The minimum atomic E-state index is -4.61. The number of carbonyl (C=O) groups excluding carboxylic acids is 2. The summed E-state index contributed by atoms with van der Waals surface area (Å²) in [5.41, 5.74) is 0. The molecule has 1 aliphatic rings. The number of unbranched alkanes of at least 4 members (excludes halogenated alkanes) is 15. The summed E-state index contributed by atoms with van der Waals surface area (Å²) >= 11 is 0. The lowest BCUT2D eigenvalue weighted by molar-refractivity contribution is -0.297. The number of carbonyl (C=O) groups is 2.